The van der Waals surface area contributed by atoms with Gasteiger partial charge in [0.1, 0.15) is 5.75 Å². The highest BCUT2D eigenvalue weighted by atomic mass is 19.4. The van der Waals surface area contributed by atoms with Crippen molar-refractivity contribution in [2.75, 3.05) is 26.7 Å². The Hall–Kier alpha value is -2.70. The van der Waals surface area contributed by atoms with Crippen molar-refractivity contribution in [3.05, 3.63) is 29.3 Å². The average Bonchev–Trinajstić information content (AvgIpc) is 2.70. The number of hydrogen-bond donors (Lipinski definition) is 1. The fourth-order valence-electron chi connectivity index (χ4n) is 3.56. The number of alkyl halides is 6. The number of hydrogen-bond acceptors (Lipinski definition) is 5. The summed E-state index contributed by atoms with van der Waals surface area (Å²) in [6.45, 7) is 3.29. The predicted octanol–water partition coefficient (Wildman–Crippen LogP) is 4.37. The van der Waals surface area contributed by atoms with Crippen molar-refractivity contribution >= 4 is 12.1 Å². The Kier molecular flexibility index (Phi) is 8.33. The number of rotatable bonds is 7. The van der Waals surface area contributed by atoms with E-state index >= 15 is 0 Å². The van der Waals surface area contributed by atoms with E-state index in [1.807, 2.05) is 24.8 Å². The molecular weight excluding hydrogens is 474 g/mol. The van der Waals surface area contributed by atoms with Gasteiger partial charge in [-0.2, -0.15) is 26.3 Å². The van der Waals surface area contributed by atoms with Crippen molar-refractivity contribution < 1.29 is 50.5 Å². The summed E-state index contributed by atoms with van der Waals surface area (Å²) >= 11 is 0. The quantitative estimate of drug-likeness (QED) is 0.560. The zero-order chi connectivity index (χ0) is 25.9. The largest absolute Gasteiger partial charge is 0.482 e. The molecular formula is C21H26F6N2O5. The van der Waals surface area contributed by atoms with Gasteiger partial charge < -0.3 is 19.5 Å². The van der Waals surface area contributed by atoms with Crippen molar-refractivity contribution in [2.24, 2.45) is 0 Å². The van der Waals surface area contributed by atoms with Crippen LogP contribution < -0.4 is 4.74 Å². The Bertz CT molecular complexity index is 867. The number of likely N-dealkylation sites (tertiary alicyclic amines) is 1. The highest BCUT2D eigenvalue weighted by molar-refractivity contribution is 5.68. The Morgan fingerprint density at radius 3 is 2.21 bits per heavy atom. The lowest BCUT2D eigenvalue weighted by Gasteiger charge is -2.45. The maximum atomic E-state index is 12.7. The zero-order valence-electron chi connectivity index (χ0n) is 18.8. The molecule has 1 aromatic carbocycles. The van der Waals surface area contributed by atoms with Crippen LogP contribution in [0.1, 0.15) is 30.9 Å². The summed E-state index contributed by atoms with van der Waals surface area (Å²) in [5.41, 5.74) is 1.02. The second-order valence-electron chi connectivity index (χ2n) is 8.48. The molecule has 2 rings (SSSR count). The van der Waals surface area contributed by atoms with Crippen LogP contribution in [0.25, 0.3) is 0 Å². The van der Waals surface area contributed by atoms with E-state index in [2.05, 4.69) is 4.74 Å². The molecule has 0 radical (unpaired) electrons. The summed E-state index contributed by atoms with van der Waals surface area (Å²) in [4.78, 5) is 25.6. The number of nitrogens with zero attached hydrogens (tertiary/aromatic N) is 2. The molecule has 0 bridgehead atoms. The molecule has 0 saturated carbocycles. The summed E-state index contributed by atoms with van der Waals surface area (Å²) in [7, 11) is 1.78. The van der Waals surface area contributed by atoms with E-state index in [-0.39, 0.29) is 25.9 Å². The molecule has 1 aliphatic heterocycles. The van der Waals surface area contributed by atoms with Gasteiger partial charge in [0.05, 0.1) is 0 Å². The summed E-state index contributed by atoms with van der Waals surface area (Å²) < 4.78 is 85.2. The first-order chi connectivity index (χ1) is 15.5. The molecule has 0 spiro atoms. The van der Waals surface area contributed by atoms with E-state index in [0.717, 1.165) is 10.5 Å². The molecule has 13 heteroatoms. The second-order valence-corrected chi connectivity index (χ2v) is 8.48. The number of carbonyl (C=O) groups excluding carboxylic acids is 1. The maximum Gasteiger partial charge on any atom is 0.434 e. The standard InChI is InChI=1S/C21H26F6N2O5/c1-13-4-5-14(15(10-13)33-12-16(30)31)11-28(3)19(2)6-8-29(9-7-19)18(32)34-17(20(22,23)24)21(25,26)27/h4-5,10,17H,6-9,11-12H2,1-3H3,(H,30,31). The summed E-state index contributed by atoms with van der Waals surface area (Å²) in [5.74, 6) is -0.741. The average molecular weight is 500 g/mol. The maximum absolute atomic E-state index is 12.7. The Morgan fingerprint density at radius 1 is 1.15 bits per heavy atom. The van der Waals surface area contributed by atoms with Crippen LogP contribution in [-0.4, -0.2) is 77.7 Å². The normalized spacial score (nSPS) is 16.6. The van der Waals surface area contributed by atoms with E-state index in [1.54, 1.807) is 19.2 Å². The zero-order valence-corrected chi connectivity index (χ0v) is 18.8. The number of aliphatic carboxylic acids is 1. The minimum atomic E-state index is -5.77. The number of ether oxygens (including phenoxy) is 2. The van der Waals surface area contributed by atoms with Gasteiger partial charge in [-0.25, -0.2) is 9.59 Å². The van der Waals surface area contributed by atoms with Crippen LogP contribution in [0.5, 0.6) is 5.75 Å². The lowest BCUT2D eigenvalue weighted by molar-refractivity contribution is -0.308. The van der Waals surface area contributed by atoms with Gasteiger partial charge in [0, 0.05) is 30.7 Å². The van der Waals surface area contributed by atoms with Crippen LogP contribution >= 0.6 is 0 Å². The number of aryl methyl sites for hydroxylation is 1. The number of carboxylic acid groups (broad SMARTS) is 1. The van der Waals surface area contributed by atoms with Gasteiger partial charge in [-0.05, 0) is 45.4 Å². The van der Waals surface area contributed by atoms with Crippen LogP contribution in [0, 0.1) is 6.92 Å². The molecule has 1 heterocycles. The molecule has 34 heavy (non-hydrogen) atoms. The van der Waals surface area contributed by atoms with Crippen molar-refractivity contribution in [3.63, 3.8) is 0 Å². The van der Waals surface area contributed by atoms with E-state index in [9.17, 15) is 35.9 Å². The van der Waals surface area contributed by atoms with Crippen LogP contribution in [0.3, 0.4) is 0 Å². The molecule has 1 N–H and O–H groups in total. The topological polar surface area (TPSA) is 79.3 Å². The first kappa shape index (κ1) is 27.5. The van der Waals surface area contributed by atoms with Gasteiger partial charge >= 0.3 is 24.4 Å². The van der Waals surface area contributed by atoms with E-state index in [4.69, 9.17) is 9.84 Å². The minimum Gasteiger partial charge on any atom is -0.482 e. The van der Waals surface area contributed by atoms with Gasteiger partial charge in [-0.3, -0.25) is 4.90 Å². The minimum absolute atomic E-state index is 0.0988. The molecule has 1 amide bonds. The van der Waals surface area contributed by atoms with Gasteiger partial charge in [0.25, 0.3) is 6.10 Å². The summed E-state index contributed by atoms with van der Waals surface area (Å²) in [6, 6.07) is 5.31. The highest BCUT2D eigenvalue weighted by Crippen LogP contribution is 2.37. The van der Waals surface area contributed by atoms with Gasteiger partial charge in [-0.15, -0.1) is 0 Å². The van der Waals surface area contributed by atoms with Crippen molar-refractivity contribution in [3.8, 4) is 5.75 Å². The third kappa shape index (κ3) is 7.15. The van der Waals surface area contributed by atoms with E-state index in [0.29, 0.717) is 17.9 Å². The molecule has 0 atom stereocenters. The summed E-state index contributed by atoms with van der Waals surface area (Å²) in [5, 5.41) is 8.87. The molecule has 0 aromatic heterocycles. The fraction of sp³-hybridized carbons (Fsp3) is 0.619. The third-order valence-corrected chi connectivity index (χ3v) is 5.81. The molecule has 1 fully saturated rings. The highest BCUT2D eigenvalue weighted by Gasteiger charge is 2.60. The van der Waals surface area contributed by atoms with Crippen LogP contribution in [0.2, 0.25) is 0 Å². The first-order valence-corrected chi connectivity index (χ1v) is 10.3. The Labute approximate surface area is 192 Å². The van der Waals surface area contributed by atoms with Crippen LogP contribution in [0.15, 0.2) is 18.2 Å². The lowest BCUT2D eigenvalue weighted by atomic mass is 9.87. The number of carboxylic acids is 1. The van der Waals surface area contributed by atoms with Crippen molar-refractivity contribution in [1.82, 2.24) is 9.80 Å². The van der Waals surface area contributed by atoms with Crippen LogP contribution in [0.4, 0.5) is 31.1 Å². The van der Waals surface area contributed by atoms with Gasteiger partial charge in [0.2, 0.25) is 0 Å². The second kappa shape index (κ2) is 10.3. The van der Waals surface area contributed by atoms with Gasteiger partial charge in [0.15, 0.2) is 6.61 Å². The molecule has 7 nitrogen and oxygen atoms in total. The molecule has 1 saturated heterocycles. The SMILES string of the molecule is Cc1ccc(CN(C)C2(C)CCN(C(=O)OC(C(F)(F)F)C(F)(F)F)CC2)c(OCC(=O)O)c1. The molecule has 0 unspecified atom stereocenters. The predicted molar refractivity (Wildman–Crippen MR) is 107 cm³/mol. The van der Waals surface area contributed by atoms with Gasteiger partial charge in [-0.1, -0.05) is 12.1 Å². The van der Waals surface area contributed by atoms with Crippen molar-refractivity contribution in [1.29, 1.82) is 0 Å². The fourth-order valence-corrected chi connectivity index (χ4v) is 3.56. The molecule has 1 aliphatic rings. The molecule has 192 valence electrons. The Morgan fingerprint density at radius 2 is 1.71 bits per heavy atom. The smallest absolute Gasteiger partial charge is 0.434 e. The molecule has 1 aromatic rings. The van der Waals surface area contributed by atoms with E-state index < -0.39 is 42.7 Å². The van der Waals surface area contributed by atoms with E-state index in [1.165, 1.54) is 0 Å². The monoisotopic (exact) mass is 500 g/mol. The third-order valence-electron chi connectivity index (χ3n) is 5.81. The number of benzene rings is 1. The summed E-state index contributed by atoms with van der Waals surface area (Å²) in [6.07, 6.45) is -16.9. The lowest BCUT2D eigenvalue weighted by Crippen LogP contribution is -2.54. The number of piperidine rings is 1. The Balaban J connectivity index is 2.03. The number of halogens is 6. The number of carbonyl (C=O) groups is 2. The first-order valence-electron chi connectivity index (χ1n) is 10.3. The van der Waals surface area contributed by atoms with Crippen LogP contribution in [-0.2, 0) is 16.1 Å². The molecule has 0 aliphatic carbocycles. The van der Waals surface area contributed by atoms with Crippen molar-refractivity contribution in [2.45, 2.75) is 57.2 Å². The number of amides is 1.